The summed E-state index contributed by atoms with van der Waals surface area (Å²) >= 11 is 0. The third-order valence-electron chi connectivity index (χ3n) is 2.64. The predicted octanol–water partition coefficient (Wildman–Crippen LogP) is 3.47. The van der Waals surface area contributed by atoms with Gasteiger partial charge in [-0.1, -0.05) is 20.3 Å². The fourth-order valence-corrected chi connectivity index (χ4v) is 1.72. The topological polar surface area (TPSA) is 34.1 Å². The van der Waals surface area contributed by atoms with Gasteiger partial charge in [0.2, 0.25) is 5.88 Å². The second-order valence-corrected chi connectivity index (χ2v) is 4.55. The molecule has 0 saturated heterocycles. The molecule has 0 aliphatic rings. The van der Waals surface area contributed by atoms with Crippen molar-refractivity contribution >= 4 is 0 Å². The van der Waals surface area contributed by atoms with Gasteiger partial charge in [-0.05, 0) is 24.6 Å². The van der Waals surface area contributed by atoms with E-state index in [9.17, 15) is 13.2 Å². The van der Waals surface area contributed by atoms with Gasteiger partial charge in [-0.3, -0.25) is 0 Å². The van der Waals surface area contributed by atoms with Gasteiger partial charge in [0.05, 0.1) is 13.0 Å². The summed E-state index contributed by atoms with van der Waals surface area (Å²) < 4.78 is 41.4. The molecule has 1 aromatic rings. The summed E-state index contributed by atoms with van der Waals surface area (Å²) in [5.41, 5.74) is 1.83. The van der Waals surface area contributed by atoms with Crippen LogP contribution in [0.25, 0.3) is 0 Å². The van der Waals surface area contributed by atoms with Crippen LogP contribution in [0.4, 0.5) is 13.2 Å². The lowest BCUT2D eigenvalue weighted by atomic mass is 10.1. The molecule has 0 unspecified atom stereocenters. The van der Waals surface area contributed by atoms with Crippen molar-refractivity contribution in [2.45, 2.75) is 45.8 Å². The maximum atomic E-state index is 12.1. The normalized spacial score (nSPS) is 11.7. The third kappa shape index (κ3) is 6.75. The van der Waals surface area contributed by atoms with E-state index in [1.807, 2.05) is 19.9 Å². The summed E-state index contributed by atoms with van der Waals surface area (Å²) in [6, 6.07) is 3.65. The van der Waals surface area contributed by atoms with E-state index in [0.29, 0.717) is 6.54 Å². The van der Waals surface area contributed by atoms with Gasteiger partial charge in [0.15, 0.2) is 0 Å². The monoisotopic (exact) mass is 290 g/mol. The molecule has 0 saturated carbocycles. The van der Waals surface area contributed by atoms with Crippen molar-refractivity contribution in [2.24, 2.45) is 0 Å². The van der Waals surface area contributed by atoms with Crippen LogP contribution in [0.1, 0.15) is 37.9 Å². The molecule has 3 nitrogen and oxygen atoms in total. The molecule has 0 spiro atoms. The number of nitrogens with zero attached hydrogens (tertiary/aromatic N) is 1. The Labute approximate surface area is 117 Å². The number of halogens is 3. The number of hydrogen-bond acceptors (Lipinski definition) is 3. The second-order valence-electron chi connectivity index (χ2n) is 4.55. The van der Waals surface area contributed by atoms with E-state index in [-0.39, 0.29) is 5.88 Å². The number of aromatic nitrogens is 1. The SMILES string of the molecule is CCCc1cc(CNCC)cc(OCCC(F)(F)F)n1. The molecule has 0 aliphatic carbocycles. The molecule has 1 rings (SSSR count). The first kappa shape index (κ1) is 16.8. The molecule has 0 aliphatic heterocycles. The van der Waals surface area contributed by atoms with E-state index in [1.165, 1.54) is 0 Å². The number of nitrogens with one attached hydrogen (secondary N) is 1. The van der Waals surface area contributed by atoms with Crippen LogP contribution >= 0.6 is 0 Å². The zero-order valence-corrected chi connectivity index (χ0v) is 11.9. The van der Waals surface area contributed by atoms with Crippen molar-refractivity contribution < 1.29 is 17.9 Å². The highest BCUT2D eigenvalue weighted by atomic mass is 19.4. The lowest BCUT2D eigenvalue weighted by Crippen LogP contribution is -2.15. The first-order chi connectivity index (χ1) is 9.44. The van der Waals surface area contributed by atoms with Crippen LogP contribution in [0.2, 0.25) is 0 Å². The summed E-state index contributed by atoms with van der Waals surface area (Å²) in [6.45, 7) is 5.12. The Bertz CT molecular complexity index is 408. The maximum Gasteiger partial charge on any atom is 0.392 e. The van der Waals surface area contributed by atoms with E-state index >= 15 is 0 Å². The smallest absolute Gasteiger partial charge is 0.392 e. The van der Waals surface area contributed by atoms with Crippen LogP contribution in [0, 0.1) is 0 Å². The van der Waals surface area contributed by atoms with Crippen LogP contribution < -0.4 is 10.1 Å². The Morgan fingerprint density at radius 3 is 2.60 bits per heavy atom. The molecule has 6 heteroatoms. The standard InChI is InChI=1S/C14H21F3N2O/c1-3-5-12-8-11(10-18-4-2)9-13(19-12)20-7-6-14(15,16)17/h8-9,18H,3-7,10H2,1-2H3. The molecule has 114 valence electrons. The second kappa shape index (κ2) is 8.09. The van der Waals surface area contributed by atoms with Crippen molar-refractivity contribution in [3.05, 3.63) is 23.4 Å². The van der Waals surface area contributed by atoms with Gasteiger partial charge < -0.3 is 10.1 Å². The van der Waals surface area contributed by atoms with E-state index in [0.717, 1.165) is 30.6 Å². The Kier molecular flexibility index (Phi) is 6.78. The Hall–Kier alpha value is -1.30. The number of hydrogen-bond donors (Lipinski definition) is 1. The summed E-state index contributed by atoms with van der Waals surface area (Å²) in [7, 11) is 0. The van der Waals surface area contributed by atoms with Crippen molar-refractivity contribution in [3.8, 4) is 5.88 Å². The lowest BCUT2D eigenvalue weighted by molar-refractivity contribution is -0.139. The molecule has 20 heavy (non-hydrogen) atoms. The fourth-order valence-electron chi connectivity index (χ4n) is 1.72. The summed E-state index contributed by atoms with van der Waals surface area (Å²) in [6.07, 6.45) is -3.45. The molecule has 0 amide bonds. The number of rotatable bonds is 8. The zero-order valence-electron chi connectivity index (χ0n) is 11.9. The average molecular weight is 290 g/mol. The largest absolute Gasteiger partial charge is 0.477 e. The third-order valence-corrected chi connectivity index (χ3v) is 2.64. The van der Waals surface area contributed by atoms with Gasteiger partial charge in [0.1, 0.15) is 0 Å². The highest BCUT2D eigenvalue weighted by Crippen LogP contribution is 2.20. The molecule has 0 bridgehead atoms. The van der Waals surface area contributed by atoms with Gasteiger partial charge in [-0.25, -0.2) is 4.98 Å². The van der Waals surface area contributed by atoms with Crippen LogP contribution in [-0.4, -0.2) is 24.3 Å². The molecule has 1 aromatic heterocycles. The molecular formula is C14H21F3N2O. The van der Waals surface area contributed by atoms with Gasteiger partial charge in [0, 0.05) is 18.3 Å². The molecular weight excluding hydrogens is 269 g/mol. The van der Waals surface area contributed by atoms with Crippen LogP contribution in [0.5, 0.6) is 5.88 Å². The highest BCUT2D eigenvalue weighted by Gasteiger charge is 2.26. The molecule has 0 atom stereocenters. The van der Waals surface area contributed by atoms with E-state index in [4.69, 9.17) is 4.74 Å². The average Bonchev–Trinajstić information content (AvgIpc) is 2.35. The molecule has 0 fully saturated rings. The van der Waals surface area contributed by atoms with Gasteiger partial charge >= 0.3 is 6.18 Å². The molecule has 0 aromatic carbocycles. The number of ether oxygens (including phenoxy) is 1. The highest BCUT2D eigenvalue weighted by molar-refractivity contribution is 5.25. The number of alkyl halides is 3. The van der Waals surface area contributed by atoms with Crippen LogP contribution in [0.3, 0.4) is 0 Å². The first-order valence-electron chi connectivity index (χ1n) is 6.84. The lowest BCUT2D eigenvalue weighted by Gasteiger charge is -2.11. The Balaban J connectivity index is 2.69. The minimum Gasteiger partial charge on any atom is -0.477 e. The quantitative estimate of drug-likeness (QED) is 0.796. The Morgan fingerprint density at radius 1 is 1.25 bits per heavy atom. The zero-order chi connectivity index (χ0) is 15.0. The molecule has 0 radical (unpaired) electrons. The van der Waals surface area contributed by atoms with Crippen molar-refractivity contribution in [3.63, 3.8) is 0 Å². The maximum absolute atomic E-state index is 12.1. The van der Waals surface area contributed by atoms with E-state index in [1.54, 1.807) is 6.07 Å². The molecule has 1 N–H and O–H groups in total. The summed E-state index contributed by atoms with van der Waals surface area (Å²) in [4.78, 5) is 4.23. The first-order valence-corrected chi connectivity index (χ1v) is 6.84. The van der Waals surface area contributed by atoms with E-state index in [2.05, 4.69) is 10.3 Å². The Morgan fingerprint density at radius 2 is 2.00 bits per heavy atom. The number of aryl methyl sites for hydroxylation is 1. The van der Waals surface area contributed by atoms with Crippen LogP contribution in [-0.2, 0) is 13.0 Å². The van der Waals surface area contributed by atoms with Gasteiger partial charge in [-0.2, -0.15) is 13.2 Å². The van der Waals surface area contributed by atoms with Crippen LogP contribution in [0.15, 0.2) is 12.1 Å². The van der Waals surface area contributed by atoms with E-state index < -0.39 is 19.2 Å². The summed E-state index contributed by atoms with van der Waals surface area (Å²) in [5.74, 6) is 0.271. The molecule has 1 heterocycles. The van der Waals surface area contributed by atoms with Gasteiger partial charge in [-0.15, -0.1) is 0 Å². The predicted molar refractivity (Wildman–Crippen MR) is 71.8 cm³/mol. The number of pyridine rings is 1. The fraction of sp³-hybridized carbons (Fsp3) is 0.643. The van der Waals surface area contributed by atoms with Crippen molar-refractivity contribution in [1.82, 2.24) is 10.3 Å². The van der Waals surface area contributed by atoms with Crippen molar-refractivity contribution in [1.29, 1.82) is 0 Å². The minimum atomic E-state index is -4.20. The van der Waals surface area contributed by atoms with Gasteiger partial charge in [0.25, 0.3) is 0 Å². The minimum absolute atomic E-state index is 0.271. The van der Waals surface area contributed by atoms with Crippen molar-refractivity contribution in [2.75, 3.05) is 13.2 Å². The summed E-state index contributed by atoms with van der Waals surface area (Å²) in [5, 5.41) is 3.18.